The zero-order valence-electron chi connectivity index (χ0n) is 10.9. The van der Waals surface area contributed by atoms with Crippen LogP contribution >= 0.6 is 15.9 Å². The predicted molar refractivity (Wildman–Crippen MR) is 80.1 cm³/mol. The van der Waals surface area contributed by atoms with Gasteiger partial charge in [0.1, 0.15) is 12.4 Å². The van der Waals surface area contributed by atoms with Crippen molar-refractivity contribution < 1.29 is 4.74 Å². The first-order valence-corrected chi connectivity index (χ1v) is 7.10. The molecular weight excluding hydrogens is 304 g/mol. The number of rotatable bonds is 6. The molecule has 19 heavy (non-hydrogen) atoms. The molecule has 0 fully saturated rings. The average molecular weight is 321 g/mol. The van der Waals surface area contributed by atoms with E-state index >= 15 is 0 Å². The molecule has 2 aromatic rings. The summed E-state index contributed by atoms with van der Waals surface area (Å²) < 4.78 is 6.92. The van der Waals surface area contributed by atoms with Gasteiger partial charge in [0, 0.05) is 24.5 Å². The van der Waals surface area contributed by atoms with Crippen LogP contribution in [0.3, 0.4) is 0 Å². The maximum Gasteiger partial charge on any atom is 0.138 e. The fourth-order valence-corrected chi connectivity index (χ4v) is 2.27. The Hall–Kier alpha value is -1.39. The van der Waals surface area contributed by atoms with Gasteiger partial charge in [0.25, 0.3) is 0 Å². The number of pyridine rings is 1. The number of nitrogens with zero attached hydrogens (tertiary/aromatic N) is 1. The van der Waals surface area contributed by atoms with Gasteiger partial charge < -0.3 is 10.1 Å². The lowest BCUT2D eigenvalue weighted by atomic mass is 10.2. The highest BCUT2D eigenvalue weighted by atomic mass is 79.9. The highest BCUT2D eigenvalue weighted by molar-refractivity contribution is 9.10. The Bertz CT molecular complexity index is 517. The van der Waals surface area contributed by atoms with E-state index in [0.717, 1.165) is 34.4 Å². The van der Waals surface area contributed by atoms with Gasteiger partial charge in [-0.05, 0) is 46.2 Å². The second-order valence-corrected chi connectivity index (χ2v) is 5.01. The molecule has 1 aromatic heterocycles. The number of halogens is 1. The van der Waals surface area contributed by atoms with Crippen LogP contribution in [0.5, 0.6) is 5.75 Å². The third-order valence-electron chi connectivity index (χ3n) is 2.75. The molecule has 0 spiro atoms. The summed E-state index contributed by atoms with van der Waals surface area (Å²) in [5, 5.41) is 3.32. The van der Waals surface area contributed by atoms with Gasteiger partial charge in [0.05, 0.1) is 4.47 Å². The Morgan fingerprint density at radius 2 is 2.00 bits per heavy atom. The predicted octanol–water partition coefficient (Wildman–Crippen LogP) is 3.53. The number of nitrogens with one attached hydrogen (secondary N) is 1. The van der Waals surface area contributed by atoms with Crippen LogP contribution in [0.2, 0.25) is 0 Å². The number of aromatic nitrogens is 1. The zero-order chi connectivity index (χ0) is 13.5. The molecule has 0 aliphatic heterocycles. The van der Waals surface area contributed by atoms with Crippen LogP contribution in [0.1, 0.15) is 18.1 Å². The minimum atomic E-state index is 0.546. The van der Waals surface area contributed by atoms with E-state index in [-0.39, 0.29) is 0 Å². The van der Waals surface area contributed by atoms with Crippen LogP contribution < -0.4 is 10.1 Å². The molecule has 4 heteroatoms. The van der Waals surface area contributed by atoms with E-state index in [0.29, 0.717) is 6.61 Å². The summed E-state index contributed by atoms with van der Waals surface area (Å²) >= 11 is 3.55. The van der Waals surface area contributed by atoms with Gasteiger partial charge in [-0.3, -0.25) is 4.98 Å². The average Bonchev–Trinajstić information content (AvgIpc) is 2.45. The molecule has 1 heterocycles. The van der Waals surface area contributed by atoms with E-state index in [4.69, 9.17) is 4.74 Å². The lowest BCUT2D eigenvalue weighted by molar-refractivity contribution is 0.300. The zero-order valence-corrected chi connectivity index (χ0v) is 12.5. The normalized spacial score (nSPS) is 10.4. The molecule has 0 radical (unpaired) electrons. The van der Waals surface area contributed by atoms with Crippen molar-refractivity contribution in [3.8, 4) is 5.75 Å². The molecule has 0 saturated carbocycles. The molecule has 0 amide bonds. The largest absolute Gasteiger partial charge is 0.487 e. The van der Waals surface area contributed by atoms with Gasteiger partial charge >= 0.3 is 0 Å². The summed E-state index contributed by atoms with van der Waals surface area (Å²) in [7, 11) is 0. The van der Waals surface area contributed by atoms with Crippen molar-refractivity contribution in [1.82, 2.24) is 10.3 Å². The molecule has 2 rings (SSSR count). The summed E-state index contributed by atoms with van der Waals surface area (Å²) in [6.07, 6.45) is 3.55. The fourth-order valence-electron chi connectivity index (χ4n) is 1.75. The van der Waals surface area contributed by atoms with Crippen molar-refractivity contribution in [2.45, 2.75) is 20.1 Å². The Kier molecular flexibility index (Phi) is 5.36. The number of hydrogen-bond acceptors (Lipinski definition) is 3. The Morgan fingerprint density at radius 1 is 1.21 bits per heavy atom. The Labute approximate surface area is 122 Å². The molecular formula is C15H17BrN2O. The van der Waals surface area contributed by atoms with Crippen molar-refractivity contribution in [2.75, 3.05) is 6.54 Å². The molecule has 0 bridgehead atoms. The molecule has 0 aliphatic carbocycles. The highest BCUT2D eigenvalue weighted by Crippen LogP contribution is 2.29. The summed E-state index contributed by atoms with van der Waals surface area (Å²) in [5.41, 5.74) is 2.27. The second-order valence-electron chi connectivity index (χ2n) is 4.15. The first-order chi connectivity index (χ1) is 9.31. The summed E-state index contributed by atoms with van der Waals surface area (Å²) in [6, 6.07) is 10.0. The summed E-state index contributed by atoms with van der Waals surface area (Å²) in [6.45, 7) is 4.39. The van der Waals surface area contributed by atoms with Crippen LogP contribution in [-0.2, 0) is 13.2 Å². The highest BCUT2D eigenvalue weighted by Gasteiger charge is 2.07. The fraction of sp³-hybridized carbons (Fsp3) is 0.267. The van der Waals surface area contributed by atoms with E-state index < -0.39 is 0 Å². The maximum absolute atomic E-state index is 5.94. The molecule has 0 atom stereocenters. The quantitative estimate of drug-likeness (QED) is 0.884. The Morgan fingerprint density at radius 3 is 2.74 bits per heavy atom. The molecule has 0 aliphatic rings. The number of benzene rings is 1. The molecule has 100 valence electrons. The van der Waals surface area contributed by atoms with Crippen LogP contribution in [0, 0.1) is 0 Å². The monoisotopic (exact) mass is 320 g/mol. The lowest BCUT2D eigenvalue weighted by Gasteiger charge is -2.13. The van der Waals surface area contributed by atoms with Crippen LogP contribution in [0.25, 0.3) is 0 Å². The molecule has 3 nitrogen and oxygen atoms in total. The smallest absolute Gasteiger partial charge is 0.138 e. The second kappa shape index (κ2) is 7.26. The van der Waals surface area contributed by atoms with E-state index in [1.54, 1.807) is 12.4 Å². The van der Waals surface area contributed by atoms with Crippen LogP contribution in [0.4, 0.5) is 0 Å². The Balaban J connectivity index is 2.10. The van der Waals surface area contributed by atoms with Gasteiger partial charge in [-0.1, -0.05) is 19.1 Å². The van der Waals surface area contributed by atoms with E-state index in [2.05, 4.69) is 39.2 Å². The van der Waals surface area contributed by atoms with Crippen molar-refractivity contribution in [3.63, 3.8) is 0 Å². The van der Waals surface area contributed by atoms with Crippen molar-refractivity contribution in [1.29, 1.82) is 0 Å². The van der Waals surface area contributed by atoms with Crippen molar-refractivity contribution in [2.24, 2.45) is 0 Å². The van der Waals surface area contributed by atoms with Gasteiger partial charge in [-0.2, -0.15) is 0 Å². The van der Waals surface area contributed by atoms with Crippen molar-refractivity contribution >= 4 is 15.9 Å². The van der Waals surface area contributed by atoms with Crippen molar-refractivity contribution in [3.05, 3.63) is 58.3 Å². The summed E-state index contributed by atoms with van der Waals surface area (Å²) in [4.78, 5) is 4.00. The standard InChI is InChI=1S/C15H17BrN2O/c1-2-17-10-13-4-3-5-14(16)15(13)19-11-12-6-8-18-9-7-12/h3-9,17H,2,10-11H2,1H3. The van der Waals surface area contributed by atoms with E-state index in [1.807, 2.05) is 24.3 Å². The first kappa shape index (κ1) is 14.0. The van der Waals surface area contributed by atoms with Gasteiger partial charge in [-0.25, -0.2) is 0 Å². The molecule has 0 unspecified atom stereocenters. The lowest BCUT2D eigenvalue weighted by Crippen LogP contribution is -2.13. The SMILES string of the molecule is CCNCc1cccc(Br)c1OCc1ccncc1. The molecule has 0 saturated heterocycles. The number of ether oxygens (including phenoxy) is 1. The maximum atomic E-state index is 5.94. The third-order valence-corrected chi connectivity index (χ3v) is 3.37. The molecule has 1 N–H and O–H groups in total. The third kappa shape index (κ3) is 4.04. The van der Waals surface area contributed by atoms with E-state index in [1.165, 1.54) is 0 Å². The first-order valence-electron chi connectivity index (χ1n) is 6.31. The minimum absolute atomic E-state index is 0.546. The topological polar surface area (TPSA) is 34.1 Å². The van der Waals surface area contributed by atoms with Gasteiger partial charge in [-0.15, -0.1) is 0 Å². The number of para-hydroxylation sites is 1. The van der Waals surface area contributed by atoms with Gasteiger partial charge in [0.2, 0.25) is 0 Å². The minimum Gasteiger partial charge on any atom is -0.487 e. The van der Waals surface area contributed by atoms with Gasteiger partial charge in [0.15, 0.2) is 0 Å². The van der Waals surface area contributed by atoms with Crippen LogP contribution in [0.15, 0.2) is 47.2 Å². The molecule has 1 aromatic carbocycles. The van der Waals surface area contributed by atoms with E-state index in [9.17, 15) is 0 Å². The number of hydrogen-bond donors (Lipinski definition) is 1. The van der Waals surface area contributed by atoms with Crippen LogP contribution in [-0.4, -0.2) is 11.5 Å². The summed E-state index contributed by atoms with van der Waals surface area (Å²) in [5.74, 6) is 0.903.